The SMILES string of the molecule is CCCC(O)CC(=O)CCc1ccc(F)c(OC)c1. The lowest BCUT2D eigenvalue weighted by molar-refractivity contribution is -0.121. The molecule has 0 aliphatic carbocycles. The van der Waals surface area contributed by atoms with Crippen molar-refractivity contribution in [2.24, 2.45) is 0 Å². The van der Waals surface area contributed by atoms with E-state index in [4.69, 9.17) is 4.74 Å². The summed E-state index contributed by atoms with van der Waals surface area (Å²) in [5, 5.41) is 9.54. The molecule has 0 aromatic heterocycles. The van der Waals surface area contributed by atoms with Crippen LogP contribution in [0.25, 0.3) is 0 Å². The molecule has 3 nitrogen and oxygen atoms in total. The molecule has 106 valence electrons. The second-order valence-electron chi connectivity index (χ2n) is 4.65. The summed E-state index contributed by atoms with van der Waals surface area (Å²) in [6, 6.07) is 4.59. The molecule has 0 spiro atoms. The van der Waals surface area contributed by atoms with E-state index in [0.29, 0.717) is 19.3 Å². The summed E-state index contributed by atoms with van der Waals surface area (Å²) in [6.45, 7) is 1.97. The highest BCUT2D eigenvalue weighted by molar-refractivity contribution is 5.79. The Morgan fingerprint density at radius 3 is 2.84 bits per heavy atom. The van der Waals surface area contributed by atoms with E-state index >= 15 is 0 Å². The van der Waals surface area contributed by atoms with Gasteiger partial charge in [-0.3, -0.25) is 4.79 Å². The smallest absolute Gasteiger partial charge is 0.165 e. The number of aryl methyl sites for hydroxylation is 1. The highest BCUT2D eigenvalue weighted by atomic mass is 19.1. The van der Waals surface area contributed by atoms with Crippen LogP contribution in [0.1, 0.15) is 38.2 Å². The Morgan fingerprint density at radius 1 is 1.47 bits per heavy atom. The Labute approximate surface area is 113 Å². The van der Waals surface area contributed by atoms with Crippen LogP contribution in [0, 0.1) is 5.82 Å². The fourth-order valence-electron chi connectivity index (χ4n) is 1.94. The second-order valence-corrected chi connectivity index (χ2v) is 4.65. The average molecular weight is 268 g/mol. The predicted octanol–water partition coefficient (Wildman–Crippen LogP) is 2.89. The lowest BCUT2D eigenvalue weighted by atomic mass is 10.0. The van der Waals surface area contributed by atoms with Crippen LogP contribution in [-0.4, -0.2) is 24.1 Å². The number of Topliss-reactive ketones (excluding diaryl/α,β-unsaturated/α-hetero) is 1. The largest absolute Gasteiger partial charge is 0.494 e. The van der Waals surface area contributed by atoms with Crippen LogP contribution in [0.3, 0.4) is 0 Å². The molecular weight excluding hydrogens is 247 g/mol. The Balaban J connectivity index is 2.46. The number of benzene rings is 1. The molecule has 1 aromatic carbocycles. The normalized spacial score (nSPS) is 12.2. The van der Waals surface area contributed by atoms with E-state index in [9.17, 15) is 14.3 Å². The van der Waals surface area contributed by atoms with Crippen molar-refractivity contribution in [1.29, 1.82) is 0 Å². The first-order valence-corrected chi connectivity index (χ1v) is 6.59. The van der Waals surface area contributed by atoms with Crippen molar-refractivity contribution >= 4 is 5.78 Å². The number of ketones is 1. The molecule has 19 heavy (non-hydrogen) atoms. The summed E-state index contributed by atoms with van der Waals surface area (Å²) in [7, 11) is 1.41. The summed E-state index contributed by atoms with van der Waals surface area (Å²) >= 11 is 0. The van der Waals surface area contributed by atoms with E-state index in [-0.39, 0.29) is 18.0 Å². The third-order valence-corrected chi connectivity index (χ3v) is 2.99. The number of ether oxygens (including phenoxy) is 1. The van der Waals surface area contributed by atoms with Gasteiger partial charge in [0.2, 0.25) is 0 Å². The van der Waals surface area contributed by atoms with Crippen molar-refractivity contribution in [3.8, 4) is 5.75 Å². The van der Waals surface area contributed by atoms with Crippen LogP contribution in [0.2, 0.25) is 0 Å². The fourth-order valence-corrected chi connectivity index (χ4v) is 1.94. The zero-order valence-electron chi connectivity index (χ0n) is 11.5. The number of hydrogen-bond acceptors (Lipinski definition) is 3. The molecule has 0 aliphatic rings. The van der Waals surface area contributed by atoms with Gasteiger partial charge < -0.3 is 9.84 Å². The number of methoxy groups -OCH3 is 1. The summed E-state index contributed by atoms with van der Waals surface area (Å²) in [5.41, 5.74) is 0.858. The summed E-state index contributed by atoms with van der Waals surface area (Å²) in [4.78, 5) is 11.7. The van der Waals surface area contributed by atoms with E-state index in [1.54, 1.807) is 12.1 Å². The van der Waals surface area contributed by atoms with Gasteiger partial charge in [0, 0.05) is 12.8 Å². The van der Waals surface area contributed by atoms with Crippen LogP contribution in [0.4, 0.5) is 4.39 Å². The molecule has 0 bridgehead atoms. The quantitative estimate of drug-likeness (QED) is 0.788. The lowest BCUT2D eigenvalue weighted by Gasteiger charge is -2.08. The zero-order chi connectivity index (χ0) is 14.3. The fraction of sp³-hybridized carbons (Fsp3) is 0.533. The summed E-state index contributed by atoms with van der Waals surface area (Å²) in [5.74, 6) is -0.184. The van der Waals surface area contributed by atoms with Crippen molar-refractivity contribution in [3.63, 3.8) is 0 Å². The molecule has 4 heteroatoms. The third kappa shape index (κ3) is 5.39. The molecular formula is C15H21FO3. The van der Waals surface area contributed by atoms with Crippen molar-refractivity contribution in [1.82, 2.24) is 0 Å². The van der Waals surface area contributed by atoms with Crippen molar-refractivity contribution < 1.29 is 19.0 Å². The van der Waals surface area contributed by atoms with Gasteiger partial charge in [-0.1, -0.05) is 19.4 Å². The molecule has 1 atom stereocenters. The Kier molecular flexibility index (Phi) is 6.50. The first kappa shape index (κ1) is 15.6. The summed E-state index contributed by atoms with van der Waals surface area (Å²) < 4.78 is 18.1. The van der Waals surface area contributed by atoms with Gasteiger partial charge in [0.05, 0.1) is 13.2 Å². The highest BCUT2D eigenvalue weighted by Gasteiger charge is 2.11. The maximum Gasteiger partial charge on any atom is 0.165 e. The minimum absolute atomic E-state index is 0.0317. The Hall–Kier alpha value is -1.42. The molecule has 0 saturated carbocycles. The molecule has 1 unspecified atom stereocenters. The Bertz CT molecular complexity index is 418. The van der Waals surface area contributed by atoms with Gasteiger partial charge in [0.15, 0.2) is 11.6 Å². The molecule has 1 rings (SSSR count). The number of carbonyl (C=O) groups is 1. The van der Waals surface area contributed by atoms with E-state index < -0.39 is 11.9 Å². The topological polar surface area (TPSA) is 46.5 Å². The monoisotopic (exact) mass is 268 g/mol. The van der Waals surface area contributed by atoms with Gasteiger partial charge in [-0.15, -0.1) is 0 Å². The molecule has 0 heterocycles. The van der Waals surface area contributed by atoms with Crippen LogP contribution in [0.15, 0.2) is 18.2 Å². The van der Waals surface area contributed by atoms with Crippen molar-refractivity contribution in [2.45, 2.75) is 45.1 Å². The highest BCUT2D eigenvalue weighted by Crippen LogP contribution is 2.19. The van der Waals surface area contributed by atoms with Gasteiger partial charge in [0.25, 0.3) is 0 Å². The number of rotatable bonds is 8. The number of carbonyl (C=O) groups excluding carboxylic acids is 1. The zero-order valence-corrected chi connectivity index (χ0v) is 11.5. The van der Waals surface area contributed by atoms with Crippen LogP contribution < -0.4 is 4.74 Å². The maximum absolute atomic E-state index is 13.2. The maximum atomic E-state index is 13.2. The predicted molar refractivity (Wildman–Crippen MR) is 71.8 cm³/mol. The van der Waals surface area contributed by atoms with Crippen LogP contribution in [0.5, 0.6) is 5.75 Å². The van der Waals surface area contributed by atoms with Crippen molar-refractivity contribution in [2.75, 3.05) is 7.11 Å². The first-order valence-electron chi connectivity index (χ1n) is 6.59. The van der Waals surface area contributed by atoms with E-state index in [2.05, 4.69) is 0 Å². The summed E-state index contributed by atoms with van der Waals surface area (Å²) in [6.07, 6.45) is 2.07. The van der Waals surface area contributed by atoms with E-state index in [1.807, 2.05) is 6.92 Å². The number of aliphatic hydroxyl groups is 1. The number of hydrogen-bond donors (Lipinski definition) is 1. The molecule has 0 fully saturated rings. The van der Waals surface area contributed by atoms with Gasteiger partial charge >= 0.3 is 0 Å². The third-order valence-electron chi connectivity index (χ3n) is 2.99. The molecule has 0 saturated heterocycles. The molecule has 0 amide bonds. The minimum atomic E-state index is -0.541. The van der Waals surface area contributed by atoms with Gasteiger partial charge in [-0.2, -0.15) is 0 Å². The standard InChI is InChI=1S/C15H21FO3/c1-3-4-12(17)10-13(18)7-5-11-6-8-14(16)15(9-11)19-2/h6,8-9,12,17H,3-5,7,10H2,1-2H3. The van der Waals surface area contributed by atoms with Gasteiger partial charge in [0.1, 0.15) is 5.78 Å². The molecule has 1 N–H and O–H groups in total. The average Bonchev–Trinajstić information content (AvgIpc) is 2.38. The van der Waals surface area contributed by atoms with Crippen LogP contribution in [-0.2, 0) is 11.2 Å². The molecule has 1 aromatic rings. The molecule has 0 aliphatic heterocycles. The minimum Gasteiger partial charge on any atom is -0.494 e. The number of aliphatic hydroxyl groups excluding tert-OH is 1. The van der Waals surface area contributed by atoms with Gasteiger partial charge in [-0.05, 0) is 30.5 Å². The first-order chi connectivity index (χ1) is 9.06. The van der Waals surface area contributed by atoms with Crippen molar-refractivity contribution in [3.05, 3.63) is 29.6 Å². The van der Waals surface area contributed by atoms with Crippen LogP contribution >= 0.6 is 0 Å². The second kappa shape index (κ2) is 7.89. The van der Waals surface area contributed by atoms with E-state index in [1.165, 1.54) is 13.2 Å². The van der Waals surface area contributed by atoms with Gasteiger partial charge in [-0.25, -0.2) is 4.39 Å². The lowest BCUT2D eigenvalue weighted by Crippen LogP contribution is -2.13. The number of halogens is 1. The Morgan fingerprint density at radius 2 is 2.21 bits per heavy atom. The van der Waals surface area contributed by atoms with E-state index in [0.717, 1.165) is 12.0 Å². The molecule has 0 radical (unpaired) electrons.